The largest absolute Gasteiger partial charge is 0.338 e. The number of amides is 1. The molecule has 1 atom stereocenters. The fourth-order valence-electron chi connectivity index (χ4n) is 2.17. The Balaban J connectivity index is 2.15. The van der Waals surface area contributed by atoms with Crippen molar-refractivity contribution in [2.75, 3.05) is 19.6 Å². The monoisotopic (exact) mass is 252 g/mol. The third-order valence-corrected chi connectivity index (χ3v) is 3.77. The van der Waals surface area contributed by atoms with Crippen molar-refractivity contribution in [3.8, 4) is 0 Å². The molecule has 1 amide bonds. The SMILES string of the molecule is CC1(CN)CCN(C(=O)c2ccccc2Cl)C1. The maximum absolute atomic E-state index is 12.3. The summed E-state index contributed by atoms with van der Waals surface area (Å²) in [7, 11) is 0. The lowest BCUT2D eigenvalue weighted by atomic mass is 9.90. The molecule has 1 unspecified atom stereocenters. The summed E-state index contributed by atoms with van der Waals surface area (Å²) in [5.74, 6) is 0.00720. The first-order chi connectivity index (χ1) is 8.06. The lowest BCUT2D eigenvalue weighted by molar-refractivity contribution is 0.0777. The van der Waals surface area contributed by atoms with E-state index in [2.05, 4.69) is 6.92 Å². The van der Waals surface area contributed by atoms with E-state index in [4.69, 9.17) is 17.3 Å². The van der Waals surface area contributed by atoms with Gasteiger partial charge in [0, 0.05) is 13.1 Å². The molecule has 1 heterocycles. The molecule has 1 aliphatic heterocycles. The highest BCUT2D eigenvalue weighted by molar-refractivity contribution is 6.33. The highest BCUT2D eigenvalue weighted by atomic mass is 35.5. The molecule has 0 aromatic heterocycles. The third kappa shape index (κ3) is 2.45. The van der Waals surface area contributed by atoms with E-state index < -0.39 is 0 Å². The van der Waals surface area contributed by atoms with Gasteiger partial charge in [-0.15, -0.1) is 0 Å². The van der Waals surface area contributed by atoms with Crippen LogP contribution in [-0.2, 0) is 0 Å². The zero-order valence-corrected chi connectivity index (χ0v) is 10.7. The van der Waals surface area contributed by atoms with Crippen LogP contribution in [0.25, 0.3) is 0 Å². The molecule has 4 heteroatoms. The van der Waals surface area contributed by atoms with Crippen molar-refractivity contribution in [2.24, 2.45) is 11.1 Å². The maximum Gasteiger partial charge on any atom is 0.255 e. The Morgan fingerprint density at radius 2 is 2.24 bits per heavy atom. The van der Waals surface area contributed by atoms with Gasteiger partial charge in [-0.2, -0.15) is 0 Å². The molecular weight excluding hydrogens is 236 g/mol. The van der Waals surface area contributed by atoms with Gasteiger partial charge < -0.3 is 10.6 Å². The minimum atomic E-state index is 0.00720. The van der Waals surface area contributed by atoms with Crippen LogP contribution in [0.5, 0.6) is 0 Å². The van der Waals surface area contributed by atoms with Gasteiger partial charge in [0.25, 0.3) is 5.91 Å². The van der Waals surface area contributed by atoms with E-state index >= 15 is 0 Å². The van der Waals surface area contributed by atoms with Crippen LogP contribution >= 0.6 is 11.6 Å². The summed E-state index contributed by atoms with van der Waals surface area (Å²) in [5, 5.41) is 0.513. The van der Waals surface area contributed by atoms with Crippen LogP contribution in [0.2, 0.25) is 5.02 Å². The molecule has 1 aromatic carbocycles. The number of carbonyl (C=O) groups is 1. The summed E-state index contributed by atoms with van der Waals surface area (Å²) in [6, 6.07) is 7.17. The average molecular weight is 253 g/mol. The smallest absolute Gasteiger partial charge is 0.255 e. The summed E-state index contributed by atoms with van der Waals surface area (Å²) >= 11 is 6.03. The number of benzene rings is 1. The average Bonchev–Trinajstić information content (AvgIpc) is 2.73. The maximum atomic E-state index is 12.3. The first-order valence-electron chi connectivity index (χ1n) is 5.80. The van der Waals surface area contributed by atoms with E-state index in [1.165, 1.54) is 0 Å². The Kier molecular flexibility index (Phi) is 3.40. The van der Waals surface area contributed by atoms with Gasteiger partial charge in [-0.05, 0) is 30.5 Å². The molecule has 92 valence electrons. The van der Waals surface area contributed by atoms with Crippen LogP contribution in [0.15, 0.2) is 24.3 Å². The normalized spacial score (nSPS) is 24.1. The van der Waals surface area contributed by atoms with Gasteiger partial charge in [0.2, 0.25) is 0 Å². The molecule has 0 radical (unpaired) electrons. The molecule has 3 nitrogen and oxygen atoms in total. The van der Waals surface area contributed by atoms with Gasteiger partial charge in [0.05, 0.1) is 10.6 Å². The number of hydrogen-bond donors (Lipinski definition) is 1. The van der Waals surface area contributed by atoms with Crippen molar-refractivity contribution < 1.29 is 4.79 Å². The van der Waals surface area contributed by atoms with Crippen molar-refractivity contribution in [3.63, 3.8) is 0 Å². The molecule has 0 aliphatic carbocycles. The van der Waals surface area contributed by atoms with Gasteiger partial charge in [0.1, 0.15) is 0 Å². The van der Waals surface area contributed by atoms with E-state index in [1.807, 2.05) is 17.0 Å². The fourth-order valence-corrected chi connectivity index (χ4v) is 2.39. The molecule has 0 bridgehead atoms. The summed E-state index contributed by atoms with van der Waals surface area (Å²) in [4.78, 5) is 14.1. The van der Waals surface area contributed by atoms with E-state index in [0.717, 1.165) is 13.0 Å². The molecule has 2 N–H and O–H groups in total. The van der Waals surface area contributed by atoms with Gasteiger partial charge in [-0.3, -0.25) is 4.79 Å². The van der Waals surface area contributed by atoms with Gasteiger partial charge in [0.15, 0.2) is 0 Å². The minimum absolute atomic E-state index is 0.00720. The van der Waals surface area contributed by atoms with Crippen LogP contribution in [-0.4, -0.2) is 30.4 Å². The first kappa shape index (κ1) is 12.4. The van der Waals surface area contributed by atoms with Crippen LogP contribution in [0.1, 0.15) is 23.7 Å². The number of carbonyl (C=O) groups excluding carboxylic acids is 1. The first-order valence-corrected chi connectivity index (χ1v) is 6.17. The highest BCUT2D eigenvalue weighted by Crippen LogP contribution is 2.30. The lowest BCUT2D eigenvalue weighted by Crippen LogP contribution is -2.34. The third-order valence-electron chi connectivity index (χ3n) is 3.44. The van der Waals surface area contributed by atoms with E-state index in [-0.39, 0.29) is 11.3 Å². The van der Waals surface area contributed by atoms with E-state index in [0.29, 0.717) is 23.7 Å². The molecule has 1 aromatic rings. The molecule has 0 saturated carbocycles. The molecular formula is C13H17ClN2O. The number of halogens is 1. The second-order valence-electron chi connectivity index (χ2n) is 4.97. The lowest BCUT2D eigenvalue weighted by Gasteiger charge is -2.22. The Morgan fingerprint density at radius 3 is 2.82 bits per heavy atom. The second-order valence-corrected chi connectivity index (χ2v) is 5.38. The summed E-state index contributed by atoms with van der Waals surface area (Å²) in [6.07, 6.45) is 0.958. The predicted molar refractivity (Wildman–Crippen MR) is 69.1 cm³/mol. The van der Waals surface area contributed by atoms with Crippen molar-refractivity contribution in [3.05, 3.63) is 34.9 Å². The van der Waals surface area contributed by atoms with Crippen molar-refractivity contribution in [1.29, 1.82) is 0 Å². The molecule has 1 saturated heterocycles. The molecule has 1 aliphatic rings. The zero-order chi connectivity index (χ0) is 12.5. The molecule has 17 heavy (non-hydrogen) atoms. The predicted octanol–water partition coefficient (Wildman–Crippen LogP) is 2.15. The number of likely N-dealkylation sites (tertiary alicyclic amines) is 1. The van der Waals surface area contributed by atoms with Crippen molar-refractivity contribution in [2.45, 2.75) is 13.3 Å². The van der Waals surface area contributed by atoms with E-state index in [1.54, 1.807) is 12.1 Å². The summed E-state index contributed by atoms with van der Waals surface area (Å²) in [5.41, 5.74) is 6.37. The van der Waals surface area contributed by atoms with Crippen molar-refractivity contribution in [1.82, 2.24) is 4.90 Å². The molecule has 2 rings (SSSR count). The Labute approximate surface area is 107 Å². The van der Waals surface area contributed by atoms with Crippen LogP contribution < -0.4 is 5.73 Å². The number of hydrogen-bond acceptors (Lipinski definition) is 2. The van der Waals surface area contributed by atoms with E-state index in [9.17, 15) is 4.79 Å². The number of nitrogens with zero attached hydrogens (tertiary/aromatic N) is 1. The van der Waals surface area contributed by atoms with Crippen LogP contribution in [0.3, 0.4) is 0 Å². The van der Waals surface area contributed by atoms with Gasteiger partial charge in [-0.25, -0.2) is 0 Å². The highest BCUT2D eigenvalue weighted by Gasteiger charge is 2.35. The summed E-state index contributed by atoms with van der Waals surface area (Å²) < 4.78 is 0. The minimum Gasteiger partial charge on any atom is -0.338 e. The summed E-state index contributed by atoms with van der Waals surface area (Å²) in [6.45, 7) is 4.21. The topological polar surface area (TPSA) is 46.3 Å². The van der Waals surface area contributed by atoms with Crippen LogP contribution in [0.4, 0.5) is 0 Å². The Bertz CT molecular complexity index is 435. The number of rotatable bonds is 2. The quantitative estimate of drug-likeness (QED) is 0.877. The second kappa shape index (κ2) is 4.67. The van der Waals surface area contributed by atoms with Crippen molar-refractivity contribution >= 4 is 17.5 Å². The Morgan fingerprint density at radius 1 is 1.53 bits per heavy atom. The van der Waals surface area contributed by atoms with Gasteiger partial charge >= 0.3 is 0 Å². The molecule has 0 spiro atoms. The standard InChI is InChI=1S/C13H17ClN2O/c1-13(8-15)6-7-16(9-13)12(17)10-4-2-3-5-11(10)14/h2-5H,6-9,15H2,1H3. The Hall–Kier alpha value is -1.06. The van der Waals surface area contributed by atoms with Gasteiger partial charge in [-0.1, -0.05) is 30.7 Å². The zero-order valence-electron chi connectivity index (χ0n) is 9.95. The molecule has 1 fully saturated rings. The van der Waals surface area contributed by atoms with Crippen LogP contribution in [0, 0.1) is 5.41 Å². The fraction of sp³-hybridized carbons (Fsp3) is 0.462. The number of nitrogens with two attached hydrogens (primary N) is 1.